The molecular weight excluding hydrogens is 338 g/mol. The molecule has 1 aliphatic rings. The van der Waals surface area contributed by atoms with Crippen LogP contribution in [0.15, 0.2) is 49.1 Å². The van der Waals surface area contributed by atoms with Gasteiger partial charge in [0.1, 0.15) is 17.1 Å². The Bertz CT molecular complexity index is 870. The average Bonchev–Trinajstić information content (AvgIpc) is 2.60. The van der Waals surface area contributed by atoms with Gasteiger partial charge in [0.2, 0.25) is 0 Å². The minimum absolute atomic E-state index is 0.0956. The quantitative estimate of drug-likeness (QED) is 0.777. The zero-order valence-corrected chi connectivity index (χ0v) is 16.5. The molecule has 0 aliphatic carbocycles. The van der Waals surface area contributed by atoms with E-state index in [1.807, 2.05) is 45.0 Å². The van der Waals surface area contributed by atoms with Gasteiger partial charge < -0.3 is 14.8 Å². The van der Waals surface area contributed by atoms with Crippen molar-refractivity contribution in [2.45, 2.75) is 45.3 Å². The molecule has 1 N–H and O–H groups in total. The Balaban J connectivity index is 1.88. The topological polar surface area (TPSA) is 47.6 Å². The number of amides is 1. The normalized spacial score (nSPS) is 17.4. The first-order valence-corrected chi connectivity index (χ1v) is 9.21. The van der Waals surface area contributed by atoms with Crippen LogP contribution in [0.5, 0.6) is 11.5 Å². The number of aryl methyl sites for hydroxylation is 1. The predicted molar refractivity (Wildman–Crippen MR) is 108 cm³/mol. The van der Waals surface area contributed by atoms with Gasteiger partial charge in [0, 0.05) is 17.5 Å². The number of carbonyl (C=O) groups is 1. The lowest BCUT2D eigenvalue weighted by Gasteiger charge is -2.38. The van der Waals surface area contributed by atoms with E-state index in [0.717, 1.165) is 28.2 Å². The third kappa shape index (κ3) is 4.16. The van der Waals surface area contributed by atoms with Gasteiger partial charge in [-0.1, -0.05) is 18.2 Å². The smallest absolute Gasteiger partial charge is 0.251 e. The van der Waals surface area contributed by atoms with Crippen LogP contribution in [0.25, 0.3) is 0 Å². The fraction of sp³-hybridized carbons (Fsp3) is 0.348. The lowest BCUT2D eigenvalue weighted by atomic mass is 9.89. The lowest BCUT2D eigenvalue weighted by molar-refractivity contribution is 0.0619. The number of rotatable bonds is 5. The van der Waals surface area contributed by atoms with Crippen LogP contribution in [-0.2, 0) is 6.42 Å². The summed E-state index contributed by atoms with van der Waals surface area (Å²) in [5.74, 6) is 1.51. The van der Waals surface area contributed by atoms with E-state index < -0.39 is 0 Å². The van der Waals surface area contributed by atoms with Crippen molar-refractivity contribution in [2.24, 2.45) is 0 Å². The molecule has 27 heavy (non-hydrogen) atoms. The highest BCUT2D eigenvalue weighted by Crippen LogP contribution is 2.40. The summed E-state index contributed by atoms with van der Waals surface area (Å²) >= 11 is 0. The molecule has 2 aromatic rings. The van der Waals surface area contributed by atoms with E-state index in [9.17, 15) is 4.79 Å². The SMILES string of the molecule is C=CCc1cc(C(=O)N[C@@H]2CC(C)(C)Oc3cc(C)ccc32)ccc1OC. The number of ether oxygens (including phenoxy) is 2. The number of hydrogen-bond acceptors (Lipinski definition) is 3. The first-order valence-electron chi connectivity index (χ1n) is 9.21. The third-order valence-electron chi connectivity index (χ3n) is 4.84. The Labute approximate surface area is 161 Å². The van der Waals surface area contributed by atoms with E-state index >= 15 is 0 Å². The molecule has 1 amide bonds. The summed E-state index contributed by atoms with van der Waals surface area (Å²) in [6, 6.07) is 11.5. The van der Waals surface area contributed by atoms with Crippen LogP contribution < -0.4 is 14.8 Å². The van der Waals surface area contributed by atoms with Crippen LogP contribution >= 0.6 is 0 Å². The van der Waals surface area contributed by atoms with E-state index in [4.69, 9.17) is 9.47 Å². The fourth-order valence-electron chi connectivity index (χ4n) is 3.56. The van der Waals surface area contributed by atoms with E-state index in [1.165, 1.54) is 0 Å². The van der Waals surface area contributed by atoms with Gasteiger partial charge in [0.05, 0.1) is 13.2 Å². The molecule has 1 aliphatic heterocycles. The highest BCUT2D eigenvalue weighted by Gasteiger charge is 2.34. The number of carbonyl (C=O) groups excluding carboxylic acids is 1. The molecule has 0 unspecified atom stereocenters. The molecule has 0 bridgehead atoms. The van der Waals surface area contributed by atoms with Crippen molar-refractivity contribution < 1.29 is 14.3 Å². The highest BCUT2D eigenvalue weighted by molar-refractivity contribution is 5.95. The van der Waals surface area contributed by atoms with Crippen LogP contribution in [0.2, 0.25) is 0 Å². The van der Waals surface area contributed by atoms with Crippen LogP contribution in [0.4, 0.5) is 0 Å². The van der Waals surface area contributed by atoms with Crippen molar-refractivity contribution in [3.05, 3.63) is 71.3 Å². The number of benzene rings is 2. The Morgan fingerprint density at radius 3 is 2.81 bits per heavy atom. The van der Waals surface area contributed by atoms with Gasteiger partial charge in [-0.2, -0.15) is 0 Å². The van der Waals surface area contributed by atoms with Crippen molar-refractivity contribution in [3.63, 3.8) is 0 Å². The summed E-state index contributed by atoms with van der Waals surface area (Å²) in [5, 5.41) is 3.19. The van der Waals surface area contributed by atoms with Crippen LogP contribution in [0, 0.1) is 6.92 Å². The Morgan fingerprint density at radius 2 is 2.11 bits per heavy atom. The number of nitrogens with one attached hydrogen (secondary N) is 1. The van der Waals surface area contributed by atoms with Gasteiger partial charge in [-0.3, -0.25) is 4.79 Å². The largest absolute Gasteiger partial charge is 0.496 e. The second-order valence-corrected chi connectivity index (χ2v) is 7.65. The van der Waals surface area contributed by atoms with Gasteiger partial charge >= 0.3 is 0 Å². The molecule has 1 heterocycles. The Hall–Kier alpha value is -2.75. The Kier molecular flexibility index (Phi) is 5.26. The van der Waals surface area contributed by atoms with Gasteiger partial charge in [0.15, 0.2) is 0 Å². The summed E-state index contributed by atoms with van der Waals surface area (Å²) in [4.78, 5) is 12.9. The summed E-state index contributed by atoms with van der Waals surface area (Å²) in [5.41, 5.74) is 3.38. The maximum Gasteiger partial charge on any atom is 0.251 e. The lowest BCUT2D eigenvalue weighted by Crippen LogP contribution is -2.41. The maximum atomic E-state index is 12.9. The molecule has 1 atom stereocenters. The molecule has 0 fully saturated rings. The molecule has 4 heteroatoms. The van der Waals surface area contributed by atoms with Crippen molar-refractivity contribution in [2.75, 3.05) is 7.11 Å². The fourth-order valence-corrected chi connectivity index (χ4v) is 3.56. The van der Waals surface area contributed by atoms with E-state index in [-0.39, 0.29) is 17.6 Å². The van der Waals surface area contributed by atoms with Crippen molar-refractivity contribution in [1.29, 1.82) is 0 Å². The molecule has 0 spiro atoms. The zero-order chi connectivity index (χ0) is 19.6. The summed E-state index contributed by atoms with van der Waals surface area (Å²) in [6.45, 7) is 9.91. The number of allylic oxidation sites excluding steroid dienone is 1. The standard InChI is InChI=1S/C23H27NO3/c1-6-7-16-13-17(9-11-20(16)26-5)22(25)24-19-14-23(3,4)27-21-12-15(2)8-10-18(19)21/h6,8-13,19H,1,7,14H2,2-5H3,(H,24,25)/t19-/m1/s1. The van der Waals surface area contributed by atoms with Crippen molar-refractivity contribution in [1.82, 2.24) is 5.32 Å². The third-order valence-corrected chi connectivity index (χ3v) is 4.84. The molecule has 0 radical (unpaired) electrons. The van der Waals surface area contributed by atoms with Gasteiger partial charge in [-0.25, -0.2) is 0 Å². The number of hydrogen-bond donors (Lipinski definition) is 1. The van der Waals surface area contributed by atoms with E-state index in [0.29, 0.717) is 18.4 Å². The molecule has 0 saturated heterocycles. The van der Waals surface area contributed by atoms with Crippen LogP contribution in [-0.4, -0.2) is 18.6 Å². The molecule has 0 aromatic heterocycles. The van der Waals surface area contributed by atoms with Crippen LogP contribution in [0.3, 0.4) is 0 Å². The molecule has 142 valence electrons. The number of methoxy groups -OCH3 is 1. The average molecular weight is 365 g/mol. The Morgan fingerprint density at radius 1 is 1.33 bits per heavy atom. The number of fused-ring (bicyclic) bond motifs is 1. The molecule has 3 rings (SSSR count). The zero-order valence-electron chi connectivity index (χ0n) is 16.5. The summed E-state index contributed by atoms with van der Waals surface area (Å²) in [6.07, 6.45) is 3.17. The second kappa shape index (κ2) is 7.47. The van der Waals surface area contributed by atoms with Crippen molar-refractivity contribution >= 4 is 5.91 Å². The van der Waals surface area contributed by atoms with Crippen LogP contribution in [0.1, 0.15) is 53.4 Å². The van der Waals surface area contributed by atoms with Gasteiger partial charge in [0.25, 0.3) is 5.91 Å². The first-order chi connectivity index (χ1) is 12.8. The highest BCUT2D eigenvalue weighted by atomic mass is 16.5. The molecule has 2 aromatic carbocycles. The minimum atomic E-state index is -0.341. The molecule has 4 nitrogen and oxygen atoms in total. The second-order valence-electron chi connectivity index (χ2n) is 7.65. The maximum absolute atomic E-state index is 12.9. The van der Waals surface area contributed by atoms with Gasteiger partial charge in [-0.15, -0.1) is 6.58 Å². The van der Waals surface area contributed by atoms with Crippen molar-refractivity contribution in [3.8, 4) is 11.5 Å². The summed E-state index contributed by atoms with van der Waals surface area (Å²) < 4.78 is 11.5. The monoisotopic (exact) mass is 365 g/mol. The van der Waals surface area contributed by atoms with E-state index in [1.54, 1.807) is 19.3 Å². The minimum Gasteiger partial charge on any atom is -0.496 e. The molecule has 0 saturated carbocycles. The predicted octanol–water partition coefficient (Wildman–Crippen LogP) is 4.76. The van der Waals surface area contributed by atoms with Gasteiger partial charge in [-0.05, 0) is 62.6 Å². The summed E-state index contributed by atoms with van der Waals surface area (Å²) in [7, 11) is 1.63. The first kappa shape index (κ1) is 19.0. The molecular formula is C23H27NO3. The van der Waals surface area contributed by atoms with E-state index in [2.05, 4.69) is 18.0 Å².